The first-order valence-electron chi connectivity index (χ1n) is 8.05. The molecule has 0 aliphatic heterocycles. The van der Waals surface area contributed by atoms with E-state index in [0.717, 1.165) is 17.8 Å². The summed E-state index contributed by atoms with van der Waals surface area (Å²) in [5, 5.41) is 5.53. The van der Waals surface area contributed by atoms with Gasteiger partial charge in [0.05, 0.1) is 5.56 Å². The lowest BCUT2D eigenvalue weighted by atomic mass is 9.97. The van der Waals surface area contributed by atoms with Crippen LogP contribution >= 0.6 is 0 Å². The van der Waals surface area contributed by atoms with Gasteiger partial charge in [0, 0.05) is 25.7 Å². The highest BCUT2D eigenvalue weighted by molar-refractivity contribution is 5.76. The van der Waals surface area contributed by atoms with E-state index >= 15 is 0 Å². The Morgan fingerprint density at radius 2 is 1.96 bits per heavy atom. The molecule has 0 saturated carbocycles. The van der Waals surface area contributed by atoms with Crippen LogP contribution in [0.4, 0.5) is 23.4 Å². The zero-order valence-corrected chi connectivity index (χ0v) is 14.1. The Morgan fingerprint density at radius 3 is 2.58 bits per heavy atom. The molecule has 2 N–H and O–H groups in total. The van der Waals surface area contributed by atoms with E-state index in [1.165, 1.54) is 18.2 Å². The maximum atomic E-state index is 13.2. The maximum absolute atomic E-state index is 13.2. The molecule has 0 spiro atoms. The molecule has 26 heavy (non-hydrogen) atoms. The number of pyridine rings is 1. The minimum Gasteiger partial charge on any atom is -0.368 e. The molecule has 1 heterocycles. The van der Waals surface area contributed by atoms with Gasteiger partial charge in [0.1, 0.15) is 11.6 Å². The molecule has 4 nitrogen and oxygen atoms in total. The van der Waals surface area contributed by atoms with Gasteiger partial charge in [-0.2, -0.15) is 13.2 Å². The third-order valence-electron chi connectivity index (χ3n) is 3.75. The number of hydrogen-bond acceptors (Lipinski definition) is 3. The number of carbonyl (C=O) groups excluding carboxylic acids is 1. The lowest BCUT2D eigenvalue weighted by Gasteiger charge is -2.13. The Kier molecular flexibility index (Phi) is 6.54. The van der Waals surface area contributed by atoms with Crippen molar-refractivity contribution in [2.45, 2.75) is 25.4 Å². The largest absolute Gasteiger partial charge is 0.417 e. The first kappa shape index (κ1) is 19.7. The van der Waals surface area contributed by atoms with Gasteiger partial charge in [-0.3, -0.25) is 4.79 Å². The number of carbonyl (C=O) groups is 1. The second kappa shape index (κ2) is 8.64. The summed E-state index contributed by atoms with van der Waals surface area (Å²) in [5.41, 5.74) is -0.0741. The van der Waals surface area contributed by atoms with Gasteiger partial charge in [0.25, 0.3) is 0 Å². The normalized spacial score (nSPS) is 12.5. The van der Waals surface area contributed by atoms with Crippen molar-refractivity contribution in [3.63, 3.8) is 0 Å². The van der Waals surface area contributed by atoms with Crippen molar-refractivity contribution >= 4 is 11.7 Å². The van der Waals surface area contributed by atoms with Crippen molar-refractivity contribution < 1.29 is 22.4 Å². The number of rotatable bonds is 7. The van der Waals surface area contributed by atoms with Crippen molar-refractivity contribution in [3.05, 3.63) is 59.5 Å². The van der Waals surface area contributed by atoms with E-state index in [-0.39, 0.29) is 30.6 Å². The van der Waals surface area contributed by atoms with Crippen LogP contribution in [0.25, 0.3) is 0 Å². The molecule has 1 unspecified atom stereocenters. The lowest BCUT2D eigenvalue weighted by Crippen LogP contribution is -2.29. The van der Waals surface area contributed by atoms with E-state index in [0.29, 0.717) is 12.4 Å². The number of nitrogens with zero attached hydrogens (tertiary/aromatic N) is 1. The molecular weight excluding hydrogens is 350 g/mol. The van der Waals surface area contributed by atoms with Gasteiger partial charge in [-0.1, -0.05) is 19.1 Å². The smallest absolute Gasteiger partial charge is 0.368 e. The second-order valence-corrected chi connectivity index (χ2v) is 5.87. The third-order valence-corrected chi connectivity index (χ3v) is 3.75. The summed E-state index contributed by atoms with van der Waals surface area (Å²) in [7, 11) is 0. The highest BCUT2D eigenvalue weighted by Crippen LogP contribution is 2.28. The number of halogens is 4. The monoisotopic (exact) mass is 369 g/mol. The summed E-state index contributed by atoms with van der Waals surface area (Å²) >= 11 is 0. The van der Waals surface area contributed by atoms with Gasteiger partial charge in [-0.15, -0.1) is 0 Å². The Bertz CT molecular complexity index is 732. The van der Waals surface area contributed by atoms with Gasteiger partial charge >= 0.3 is 6.18 Å². The molecule has 0 aliphatic carbocycles. The molecule has 1 aromatic heterocycles. The quantitative estimate of drug-likeness (QED) is 0.574. The van der Waals surface area contributed by atoms with Crippen LogP contribution in [0.5, 0.6) is 0 Å². The third kappa shape index (κ3) is 6.02. The van der Waals surface area contributed by atoms with E-state index in [2.05, 4.69) is 15.6 Å². The number of benzene rings is 1. The van der Waals surface area contributed by atoms with Gasteiger partial charge in [0.2, 0.25) is 5.91 Å². The van der Waals surface area contributed by atoms with Crippen LogP contribution in [-0.2, 0) is 11.0 Å². The lowest BCUT2D eigenvalue weighted by molar-refractivity contribution is -0.137. The van der Waals surface area contributed by atoms with E-state index in [1.54, 1.807) is 12.1 Å². The molecule has 0 radical (unpaired) electrons. The minimum atomic E-state index is -4.42. The van der Waals surface area contributed by atoms with Gasteiger partial charge in [-0.05, 0) is 35.7 Å². The van der Waals surface area contributed by atoms with Crippen LogP contribution in [0.2, 0.25) is 0 Å². The molecule has 2 rings (SSSR count). The fourth-order valence-electron chi connectivity index (χ4n) is 2.34. The predicted molar refractivity (Wildman–Crippen MR) is 90.2 cm³/mol. The second-order valence-electron chi connectivity index (χ2n) is 5.87. The molecule has 0 aliphatic rings. The first-order valence-corrected chi connectivity index (χ1v) is 8.05. The van der Waals surface area contributed by atoms with Crippen molar-refractivity contribution in [1.29, 1.82) is 0 Å². The Hall–Kier alpha value is -2.64. The molecule has 0 fully saturated rings. The first-order chi connectivity index (χ1) is 12.3. The highest BCUT2D eigenvalue weighted by atomic mass is 19.4. The van der Waals surface area contributed by atoms with E-state index in [1.807, 2.05) is 6.92 Å². The van der Waals surface area contributed by atoms with Crippen LogP contribution in [0, 0.1) is 5.82 Å². The minimum absolute atomic E-state index is 0.129. The van der Waals surface area contributed by atoms with Crippen LogP contribution in [0.15, 0.2) is 42.6 Å². The number of amides is 1. The topological polar surface area (TPSA) is 54.0 Å². The number of aromatic nitrogens is 1. The van der Waals surface area contributed by atoms with Gasteiger partial charge < -0.3 is 10.6 Å². The van der Waals surface area contributed by atoms with Gasteiger partial charge in [-0.25, -0.2) is 9.37 Å². The molecule has 8 heteroatoms. The molecule has 140 valence electrons. The predicted octanol–water partition coefficient (Wildman–Crippen LogP) is 3.96. The SMILES string of the molecule is CC(CC(=O)NCCNc1ccc(C(F)(F)F)cn1)c1cccc(F)c1. The van der Waals surface area contributed by atoms with Crippen molar-refractivity contribution in [3.8, 4) is 0 Å². The number of alkyl halides is 3. The fourth-order valence-corrected chi connectivity index (χ4v) is 2.34. The summed E-state index contributed by atoms with van der Waals surface area (Å²) in [4.78, 5) is 15.6. The number of hydrogen-bond donors (Lipinski definition) is 2. The Labute approximate surface area is 148 Å². The zero-order valence-electron chi connectivity index (χ0n) is 14.1. The van der Waals surface area contributed by atoms with E-state index < -0.39 is 11.7 Å². The van der Waals surface area contributed by atoms with E-state index in [4.69, 9.17) is 0 Å². The van der Waals surface area contributed by atoms with Crippen molar-refractivity contribution in [2.24, 2.45) is 0 Å². The molecule has 1 atom stereocenters. The number of nitrogens with one attached hydrogen (secondary N) is 2. The van der Waals surface area contributed by atoms with Crippen LogP contribution in [0.1, 0.15) is 30.4 Å². The maximum Gasteiger partial charge on any atom is 0.417 e. The summed E-state index contributed by atoms with van der Waals surface area (Å²) in [6.07, 6.45) is -3.46. The van der Waals surface area contributed by atoms with Crippen LogP contribution in [-0.4, -0.2) is 24.0 Å². The highest BCUT2D eigenvalue weighted by Gasteiger charge is 2.30. The Morgan fingerprint density at radius 1 is 1.19 bits per heavy atom. The number of anilines is 1. The molecular formula is C18H19F4N3O. The molecule has 2 aromatic rings. The molecule has 1 amide bonds. The summed E-state index contributed by atoms with van der Waals surface area (Å²) in [6, 6.07) is 8.27. The average molecular weight is 369 g/mol. The summed E-state index contributed by atoms with van der Waals surface area (Å²) < 4.78 is 50.5. The molecule has 0 bridgehead atoms. The van der Waals surface area contributed by atoms with Crippen LogP contribution < -0.4 is 10.6 Å². The van der Waals surface area contributed by atoms with E-state index in [9.17, 15) is 22.4 Å². The summed E-state index contributed by atoms with van der Waals surface area (Å²) in [6.45, 7) is 2.44. The van der Waals surface area contributed by atoms with Gasteiger partial charge in [0.15, 0.2) is 0 Å². The fraction of sp³-hybridized carbons (Fsp3) is 0.333. The van der Waals surface area contributed by atoms with Crippen molar-refractivity contribution in [2.75, 3.05) is 18.4 Å². The standard InChI is InChI=1S/C18H19F4N3O/c1-12(13-3-2-4-15(19)10-13)9-17(26)24-8-7-23-16-6-5-14(11-25-16)18(20,21)22/h2-6,10-12H,7-9H2,1H3,(H,23,25)(H,24,26). The van der Waals surface area contributed by atoms with Crippen LogP contribution in [0.3, 0.4) is 0 Å². The summed E-state index contributed by atoms with van der Waals surface area (Å²) in [5.74, 6) is -0.373. The molecule has 1 aromatic carbocycles. The van der Waals surface area contributed by atoms with Crippen molar-refractivity contribution in [1.82, 2.24) is 10.3 Å². The Balaban J connectivity index is 1.71. The zero-order chi connectivity index (χ0) is 19.2. The molecule has 0 saturated heterocycles. The average Bonchev–Trinajstić information content (AvgIpc) is 2.58.